The summed E-state index contributed by atoms with van der Waals surface area (Å²) in [5, 5.41) is 0. The highest BCUT2D eigenvalue weighted by Gasteiger charge is 2.36. The van der Waals surface area contributed by atoms with Crippen molar-refractivity contribution < 1.29 is 14.2 Å². The molecule has 64 valence electrons. The second-order valence-corrected chi connectivity index (χ2v) is 2.63. The van der Waals surface area contributed by atoms with E-state index in [0.717, 1.165) is 6.42 Å². The smallest absolute Gasteiger partial charge is 0.191 e. The largest absolute Gasteiger partial charge is 0.380 e. The van der Waals surface area contributed by atoms with Crippen molar-refractivity contribution in [1.29, 1.82) is 0 Å². The van der Waals surface area contributed by atoms with Gasteiger partial charge in [-0.25, -0.2) is 0 Å². The Hall–Kier alpha value is -0.380. The van der Waals surface area contributed by atoms with Crippen LogP contribution in [0.4, 0.5) is 0 Å². The van der Waals surface area contributed by atoms with Crippen LogP contribution in [0.25, 0.3) is 0 Å². The molecule has 0 aromatic heterocycles. The predicted octanol–water partition coefficient (Wildman–Crippen LogP) is 0.952. The molecule has 11 heavy (non-hydrogen) atoms. The van der Waals surface area contributed by atoms with Crippen LogP contribution in [0.5, 0.6) is 0 Å². The van der Waals surface area contributed by atoms with E-state index >= 15 is 0 Å². The van der Waals surface area contributed by atoms with Gasteiger partial charge in [0.2, 0.25) is 0 Å². The van der Waals surface area contributed by atoms with Gasteiger partial charge in [0.15, 0.2) is 5.79 Å². The molecule has 1 aliphatic rings. The number of hydrogen-bond donors (Lipinski definition) is 0. The maximum absolute atomic E-state index is 5.15. The molecule has 0 saturated carbocycles. The number of ether oxygens (including phenoxy) is 3. The highest BCUT2D eigenvalue weighted by Crippen LogP contribution is 2.33. The van der Waals surface area contributed by atoms with E-state index in [4.69, 9.17) is 14.2 Å². The third-order valence-electron chi connectivity index (χ3n) is 1.92. The van der Waals surface area contributed by atoms with Gasteiger partial charge in [-0.15, -0.1) is 0 Å². The van der Waals surface area contributed by atoms with Gasteiger partial charge >= 0.3 is 0 Å². The van der Waals surface area contributed by atoms with Crippen molar-refractivity contribution >= 4 is 0 Å². The van der Waals surface area contributed by atoms with E-state index in [2.05, 4.69) is 0 Å². The molecule has 0 N–H and O–H groups in total. The monoisotopic (exact) mass is 158 g/mol. The molecule has 0 unspecified atom stereocenters. The van der Waals surface area contributed by atoms with Crippen molar-refractivity contribution in [3.63, 3.8) is 0 Å². The third kappa shape index (κ3) is 1.61. The Morgan fingerprint density at radius 1 is 1.36 bits per heavy atom. The highest BCUT2D eigenvalue weighted by atomic mass is 16.7. The maximum Gasteiger partial charge on any atom is 0.191 e. The van der Waals surface area contributed by atoms with Crippen LogP contribution in [-0.4, -0.2) is 33.7 Å². The van der Waals surface area contributed by atoms with E-state index in [-0.39, 0.29) is 0 Å². The number of hydrogen-bond acceptors (Lipinski definition) is 3. The third-order valence-corrected chi connectivity index (χ3v) is 1.92. The van der Waals surface area contributed by atoms with E-state index in [1.165, 1.54) is 5.57 Å². The van der Waals surface area contributed by atoms with Crippen LogP contribution in [0.15, 0.2) is 11.6 Å². The molecule has 0 spiro atoms. The van der Waals surface area contributed by atoms with Gasteiger partial charge in [0.25, 0.3) is 0 Å². The zero-order chi connectivity index (χ0) is 8.32. The van der Waals surface area contributed by atoms with Crippen LogP contribution in [0.3, 0.4) is 0 Å². The number of rotatable bonds is 4. The van der Waals surface area contributed by atoms with E-state index in [1.807, 2.05) is 6.08 Å². The van der Waals surface area contributed by atoms with Gasteiger partial charge in [-0.1, -0.05) is 0 Å². The van der Waals surface area contributed by atoms with Gasteiger partial charge in [0, 0.05) is 27.8 Å². The van der Waals surface area contributed by atoms with Gasteiger partial charge in [-0.3, -0.25) is 0 Å². The summed E-state index contributed by atoms with van der Waals surface area (Å²) in [6.07, 6.45) is 2.77. The molecule has 0 aliphatic heterocycles. The summed E-state index contributed by atoms with van der Waals surface area (Å²) in [7, 11) is 4.97. The van der Waals surface area contributed by atoms with Crippen molar-refractivity contribution in [2.24, 2.45) is 0 Å². The van der Waals surface area contributed by atoms with E-state index in [1.54, 1.807) is 21.3 Å². The minimum absolute atomic E-state index is 0.464. The Morgan fingerprint density at radius 2 is 1.91 bits per heavy atom. The lowest BCUT2D eigenvalue weighted by Gasteiger charge is -2.36. The first kappa shape index (κ1) is 8.71. The molecule has 0 fully saturated rings. The quantitative estimate of drug-likeness (QED) is 0.450. The van der Waals surface area contributed by atoms with Gasteiger partial charge in [0.05, 0.1) is 6.61 Å². The molecule has 0 saturated heterocycles. The minimum atomic E-state index is -0.464. The second kappa shape index (κ2) is 3.34. The van der Waals surface area contributed by atoms with Gasteiger partial charge < -0.3 is 14.2 Å². The Balaban J connectivity index is 2.45. The first-order valence-corrected chi connectivity index (χ1v) is 3.56. The van der Waals surface area contributed by atoms with Crippen molar-refractivity contribution in [2.45, 2.75) is 12.2 Å². The van der Waals surface area contributed by atoms with Crippen molar-refractivity contribution in [2.75, 3.05) is 27.9 Å². The Labute approximate surface area is 66.9 Å². The molecule has 0 aromatic rings. The lowest BCUT2D eigenvalue weighted by Crippen LogP contribution is -2.39. The fourth-order valence-electron chi connectivity index (χ4n) is 1.22. The molecular formula is C8H14O3. The normalized spacial score (nSPS) is 20.8. The molecule has 0 bridgehead atoms. The van der Waals surface area contributed by atoms with E-state index < -0.39 is 5.79 Å². The summed E-state index contributed by atoms with van der Waals surface area (Å²) < 4.78 is 15.2. The maximum atomic E-state index is 5.15. The van der Waals surface area contributed by atoms with Crippen molar-refractivity contribution in [3.05, 3.63) is 11.6 Å². The Kier molecular flexibility index (Phi) is 2.65. The molecule has 0 aromatic carbocycles. The molecule has 0 heterocycles. The van der Waals surface area contributed by atoms with E-state index in [0.29, 0.717) is 6.61 Å². The number of methoxy groups -OCH3 is 3. The van der Waals surface area contributed by atoms with Gasteiger partial charge in [0.1, 0.15) is 0 Å². The van der Waals surface area contributed by atoms with Gasteiger partial charge in [-0.2, -0.15) is 0 Å². The summed E-state index contributed by atoms with van der Waals surface area (Å²) in [6, 6.07) is 0. The van der Waals surface area contributed by atoms with Crippen molar-refractivity contribution in [1.82, 2.24) is 0 Å². The molecule has 1 rings (SSSR count). The van der Waals surface area contributed by atoms with Crippen molar-refractivity contribution in [3.8, 4) is 0 Å². The SMILES string of the molecule is COCC1=CC(OC)(OC)C1. The average molecular weight is 158 g/mol. The van der Waals surface area contributed by atoms with E-state index in [9.17, 15) is 0 Å². The van der Waals surface area contributed by atoms with Crippen LogP contribution in [0.2, 0.25) is 0 Å². The Bertz CT molecular complexity index is 159. The molecule has 0 amide bonds. The summed E-state index contributed by atoms with van der Waals surface area (Å²) in [5.74, 6) is -0.464. The van der Waals surface area contributed by atoms with Crippen LogP contribution >= 0.6 is 0 Å². The summed E-state index contributed by atoms with van der Waals surface area (Å²) in [5.41, 5.74) is 1.23. The summed E-state index contributed by atoms with van der Waals surface area (Å²) >= 11 is 0. The predicted molar refractivity (Wildman–Crippen MR) is 41.3 cm³/mol. The summed E-state index contributed by atoms with van der Waals surface area (Å²) in [4.78, 5) is 0. The topological polar surface area (TPSA) is 27.7 Å². The van der Waals surface area contributed by atoms with Crippen LogP contribution in [0.1, 0.15) is 6.42 Å². The molecule has 1 aliphatic carbocycles. The summed E-state index contributed by atoms with van der Waals surface area (Å²) in [6.45, 7) is 0.675. The standard InChI is InChI=1S/C8H14O3/c1-9-6-7-4-8(5-7,10-2)11-3/h4H,5-6H2,1-3H3. The average Bonchev–Trinajstić information content (AvgIpc) is 1.96. The molecule has 0 radical (unpaired) electrons. The molecule has 0 atom stereocenters. The fraction of sp³-hybridized carbons (Fsp3) is 0.750. The molecule has 3 heteroatoms. The lowest BCUT2D eigenvalue weighted by molar-refractivity contribution is -0.183. The van der Waals surface area contributed by atoms with Crippen LogP contribution in [-0.2, 0) is 14.2 Å². The van der Waals surface area contributed by atoms with Crippen LogP contribution < -0.4 is 0 Å². The van der Waals surface area contributed by atoms with Gasteiger partial charge in [-0.05, 0) is 11.6 Å². The molecular weight excluding hydrogens is 144 g/mol. The molecule has 3 nitrogen and oxygen atoms in total. The second-order valence-electron chi connectivity index (χ2n) is 2.63. The highest BCUT2D eigenvalue weighted by molar-refractivity contribution is 5.23. The van der Waals surface area contributed by atoms with Crippen LogP contribution in [0, 0.1) is 0 Å². The Morgan fingerprint density at radius 3 is 2.27 bits per heavy atom. The zero-order valence-electron chi connectivity index (χ0n) is 7.22. The lowest BCUT2D eigenvalue weighted by atomic mass is 9.92. The first-order chi connectivity index (χ1) is 5.26. The first-order valence-electron chi connectivity index (χ1n) is 3.56. The minimum Gasteiger partial charge on any atom is -0.380 e. The fourth-order valence-corrected chi connectivity index (χ4v) is 1.22. The zero-order valence-corrected chi connectivity index (χ0v) is 7.22.